The fourth-order valence-corrected chi connectivity index (χ4v) is 3.25. The number of benzene rings is 2. The topological polar surface area (TPSA) is 26.0 Å². The Hall–Kier alpha value is -1.67. The summed E-state index contributed by atoms with van der Waals surface area (Å²) in [7, 11) is 0. The van der Waals surface area contributed by atoms with Gasteiger partial charge in [-0.1, -0.05) is 30.3 Å². The normalized spacial score (nSPS) is 17.8. The van der Waals surface area contributed by atoms with Gasteiger partial charge in [-0.3, -0.25) is 0 Å². The molecule has 1 unspecified atom stereocenters. The van der Waals surface area contributed by atoms with Crippen LogP contribution in [0.1, 0.15) is 36.3 Å². The highest BCUT2D eigenvalue weighted by Gasteiger charge is 2.20. The van der Waals surface area contributed by atoms with E-state index in [-0.39, 0.29) is 5.82 Å². The third-order valence-electron chi connectivity index (χ3n) is 4.26. The third kappa shape index (κ3) is 2.61. The zero-order valence-electron chi connectivity index (χ0n) is 11.6. The molecule has 3 rings (SSSR count). The van der Waals surface area contributed by atoms with Gasteiger partial charge in [0.1, 0.15) is 5.82 Å². The van der Waals surface area contributed by atoms with E-state index in [0.29, 0.717) is 5.92 Å². The summed E-state index contributed by atoms with van der Waals surface area (Å²) >= 11 is 0. The van der Waals surface area contributed by atoms with E-state index in [1.807, 2.05) is 6.07 Å². The number of halogens is 1. The lowest BCUT2D eigenvalue weighted by Crippen LogP contribution is -2.14. The molecule has 1 aliphatic carbocycles. The molecule has 0 heterocycles. The minimum atomic E-state index is -0.182. The molecule has 0 radical (unpaired) electrons. The largest absolute Gasteiger partial charge is 0.330 e. The third-order valence-corrected chi connectivity index (χ3v) is 4.26. The van der Waals surface area contributed by atoms with Gasteiger partial charge in [0, 0.05) is 0 Å². The highest BCUT2D eigenvalue weighted by Crippen LogP contribution is 2.36. The lowest BCUT2D eigenvalue weighted by Gasteiger charge is -2.26. The number of fused-ring (bicyclic) bond motifs is 1. The van der Waals surface area contributed by atoms with Gasteiger partial charge in [0.25, 0.3) is 0 Å². The van der Waals surface area contributed by atoms with Crippen LogP contribution in [0.5, 0.6) is 0 Å². The van der Waals surface area contributed by atoms with Gasteiger partial charge in [-0.15, -0.1) is 0 Å². The van der Waals surface area contributed by atoms with Crippen molar-refractivity contribution >= 4 is 0 Å². The van der Waals surface area contributed by atoms with Gasteiger partial charge in [0.15, 0.2) is 0 Å². The summed E-state index contributed by atoms with van der Waals surface area (Å²) in [5.41, 5.74) is 10.6. The smallest absolute Gasteiger partial charge is 0.123 e. The molecule has 2 N–H and O–H groups in total. The zero-order chi connectivity index (χ0) is 13.9. The fraction of sp³-hybridized carbons (Fsp3) is 0.333. The Morgan fingerprint density at radius 2 is 1.95 bits per heavy atom. The standard InChI is InChI=1S/C18H20FN/c19-17-6-2-5-15(11-17)16-8-7-13-3-1-4-14(9-10-20)18(13)12-16/h2,5-8,11-12,14H,1,3-4,9-10,20H2. The maximum Gasteiger partial charge on any atom is 0.123 e. The summed E-state index contributed by atoms with van der Waals surface area (Å²) in [5.74, 6) is 0.385. The molecule has 0 amide bonds. The molecule has 2 heteroatoms. The first-order valence-electron chi connectivity index (χ1n) is 7.37. The number of aryl methyl sites for hydroxylation is 1. The molecule has 0 bridgehead atoms. The molecule has 0 aromatic heterocycles. The van der Waals surface area contributed by atoms with Crippen LogP contribution in [0.3, 0.4) is 0 Å². The monoisotopic (exact) mass is 269 g/mol. The van der Waals surface area contributed by atoms with Crippen LogP contribution in [0.15, 0.2) is 42.5 Å². The van der Waals surface area contributed by atoms with Crippen LogP contribution in [0, 0.1) is 5.82 Å². The first kappa shape index (κ1) is 13.3. The van der Waals surface area contributed by atoms with Gasteiger partial charge >= 0.3 is 0 Å². The predicted molar refractivity (Wildman–Crippen MR) is 81.2 cm³/mol. The molecule has 0 saturated carbocycles. The maximum atomic E-state index is 13.4. The molecule has 2 aromatic rings. The second-order valence-electron chi connectivity index (χ2n) is 5.59. The highest BCUT2D eigenvalue weighted by atomic mass is 19.1. The van der Waals surface area contributed by atoms with Gasteiger partial charge in [0.2, 0.25) is 0 Å². The van der Waals surface area contributed by atoms with E-state index < -0.39 is 0 Å². The molecule has 1 aliphatic rings. The lowest BCUT2D eigenvalue weighted by atomic mass is 9.80. The van der Waals surface area contributed by atoms with Gasteiger partial charge in [-0.2, -0.15) is 0 Å². The maximum absolute atomic E-state index is 13.4. The van der Waals surface area contributed by atoms with E-state index in [1.54, 1.807) is 12.1 Å². The second kappa shape index (κ2) is 5.76. The van der Waals surface area contributed by atoms with Gasteiger partial charge in [0.05, 0.1) is 0 Å². The van der Waals surface area contributed by atoms with Crippen LogP contribution in [0.4, 0.5) is 4.39 Å². The average Bonchev–Trinajstić information content (AvgIpc) is 2.47. The lowest BCUT2D eigenvalue weighted by molar-refractivity contribution is 0.526. The van der Waals surface area contributed by atoms with Crippen molar-refractivity contribution in [1.29, 1.82) is 0 Å². The van der Waals surface area contributed by atoms with E-state index in [2.05, 4.69) is 18.2 Å². The fourth-order valence-electron chi connectivity index (χ4n) is 3.25. The van der Waals surface area contributed by atoms with Crippen molar-refractivity contribution in [1.82, 2.24) is 0 Å². The molecule has 0 saturated heterocycles. The molecule has 0 spiro atoms. The predicted octanol–water partition coefficient (Wildman–Crippen LogP) is 4.26. The Morgan fingerprint density at radius 1 is 1.10 bits per heavy atom. The number of hydrogen-bond donors (Lipinski definition) is 1. The summed E-state index contributed by atoms with van der Waals surface area (Å²) in [4.78, 5) is 0. The first-order chi connectivity index (χ1) is 9.78. The van der Waals surface area contributed by atoms with Crippen LogP contribution in [0.25, 0.3) is 11.1 Å². The van der Waals surface area contributed by atoms with Crippen LogP contribution in [-0.2, 0) is 6.42 Å². The van der Waals surface area contributed by atoms with Crippen molar-refractivity contribution in [2.45, 2.75) is 31.6 Å². The van der Waals surface area contributed by atoms with E-state index in [9.17, 15) is 4.39 Å². The summed E-state index contributed by atoms with van der Waals surface area (Å²) < 4.78 is 13.4. The van der Waals surface area contributed by atoms with Crippen LogP contribution in [-0.4, -0.2) is 6.54 Å². The number of hydrogen-bond acceptors (Lipinski definition) is 1. The van der Waals surface area contributed by atoms with Gasteiger partial charge in [-0.05, 0) is 72.5 Å². The minimum absolute atomic E-state index is 0.182. The molecule has 1 atom stereocenters. The van der Waals surface area contributed by atoms with Crippen molar-refractivity contribution in [3.05, 3.63) is 59.4 Å². The molecule has 2 aromatic carbocycles. The molecule has 104 valence electrons. The molecule has 0 fully saturated rings. The summed E-state index contributed by atoms with van der Waals surface area (Å²) in [5, 5.41) is 0. The Bertz CT molecular complexity index is 606. The Balaban J connectivity index is 2.01. The van der Waals surface area contributed by atoms with Crippen molar-refractivity contribution in [3.63, 3.8) is 0 Å². The number of rotatable bonds is 3. The van der Waals surface area contributed by atoms with Crippen molar-refractivity contribution < 1.29 is 4.39 Å². The van der Waals surface area contributed by atoms with Crippen LogP contribution in [0.2, 0.25) is 0 Å². The average molecular weight is 269 g/mol. The second-order valence-corrected chi connectivity index (χ2v) is 5.59. The quantitative estimate of drug-likeness (QED) is 0.885. The van der Waals surface area contributed by atoms with Gasteiger partial charge in [-0.25, -0.2) is 4.39 Å². The molecular weight excluding hydrogens is 249 g/mol. The van der Waals surface area contributed by atoms with Crippen LogP contribution >= 0.6 is 0 Å². The summed E-state index contributed by atoms with van der Waals surface area (Å²) in [6, 6.07) is 13.4. The SMILES string of the molecule is NCCC1CCCc2ccc(-c3cccc(F)c3)cc21. The van der Waals surface area contributed by atoms with Gasteiger partial charge < -0.3 is 5.73 Å². The summed E-state index contributed by atoms with van der Waals surface area (Å²) in [6.45, 7) is 0.730. The Labute approximate surface area is 119 Å². The van der Waals surface area contributed by atoms with E-state index in [0.717, 1.165) is 30.5 Å². The molecule has 20 heavy (non-hydrogen) atoms. The van der Waals surface area contributed by atoms with E-state index in [4.69, 9.17) is 5.73 Å². The van der Waals surface area contributed by atoms with E-state index >= 15 is 0 Å². The Kier molecular flexibility index (Phi) is 3.83. The van der Waals surface area contributed by atoms with Crippen molar-refractivity contribution in [3.8, 4) is 11.1 Å². The number of nitrogens with two attached hydrogens (primary N) is 1. The Morgan fingerprint density at radius 3 is 2.75 bits per heavy atom. The molecular formula is C18H20FN. The minimum Gasteiger partial charge on any atom is -0.330 e. The van der Waals surface area contributed by atoms with Crippen LogP contribution < -0.4 is 5.73 Å². The summed E-state index contributed by atoms with van der Waals surface area (Å²) in [6.07, 6.45) is 4.66. The first-order valence-corrected chi connectivity index (χ1v) is 7.37. The zero-order valence-corrected chi connectivity index (χ0v) is 11.6. The van der Waals surface area contributed by atoms with E-state index in [1.165, 1.54) is 30.0 Å². The molecule has 1 nitrogen and oxygen atoms in total. The van der Waals surface area contributed by atoms with Crippen molar-refractivity contribution in [2.75, 3.05) is 6.54 Å². The highest BCUT2D eigenvalue weighted by molar-refractivity contribution is 5.65. The molecule has 0 aliphatic heterocycles. The van der Waals surface area contributed by atoms with Crippen molar-refractivity contribution in [2.24, 2.45) is 5.73 Å².